The molecule has 0 bridgehead atoms. The minimum Gasteiger partial charge on any atom is -0.396 e. The predicted octanol–water partition coefficient (Wildman–Crippen LogP) is 1.46. The zero-order valence-electron chi connectivity index (χ0n) is 11.9. The van der Waals surface area contributed by atoms with Crippen LogP contribution in [0.25, 0.3) is 0 Å². The number of sulfonamides is 1. The maximum Gasteiger partial charge on any atom is 0.241 e. The number of hydrogen-bond donors (Lipinski definition) is 3. The molecule has 0 spiro atoms. The molecular formula is C13H21FN2O3S. The molecule has 0 aromatic heterocycles. The van der Waals surface area contributed by atoms with Gasteiger partial charge >= 0.3 is 0 Å². The van der Waals surface area contributed by atoms with Gasteiger partial charge in [-0.05, 0) is 37.5 Å². The number of hydrogen-bond acceptors (Lipinski definition) is 4. The van der Waals surface area contributed by atoms with Gasteiger partial charge in [0.15, 0.2) is 0 Å². The van der Waals surface area contributed by atoms with Crippen molar-refractivity contribution in [1.29, 1.82) is 0 Å². The maximum absolute atomic E-state index is 13.4. The molecule has 0 aliphatic rings. The first-order chi connectivity index (χ1) is 9.20. The zero-order valence-corrected chi connectivity index (χ0v) is 12.7. The lowest BCUT2D eigenvalue weighted by Gasteiger charge is -2.16. The van der Waals surface area contributed by atoms with E-state index < -0.39 is 21.9 Å². The lowest BCUT2D eigenvalue weighted by atomic mass is 10.1. The summed E-state index contributed by atoms with van der Waals surface area (Å²) in [5, 5.41) is 9.59. The average Bonchev–Trinajstić information content (AvgIpc) is 2.34. The van der Waals surface area contributed by atoms with Crippen LogP contribution < -0.4 is 10.5 Å². The Kier molecular flexibility index (Phi) is 5.50. The van der Waals surface area contributed by atoms with Crippen LogP contribution in [-0.4, -0.2) is 26.2 Å². The second-order valence-corrected chi connectivity index (χ2v) is 6.54. The van der Waals surface area contributed by atoms with Gasteiger partial charge in [-0.2, -0.15) is 0 Å². The van der Waals surface area contributed by atoms with Crippen molar-refractivity contribution < 1.29 is 17.9 Å². The lowest BCUT2D eigenvalue weighted by molar-refractivity contribution is 0.167. The molecule has 0 radical (unpaired) electrons. The second kappa shape index (κ2) is 6.51. The van der Waals surface area contributed by atoms with E-state index in [1.54, 1.807) is 0 Å². The van der Waals surface area contributed by atoms with E-state index >= 15 is 0 Å². The van der Waals surface area contributed by atoms with Crippen molar-refractivity contribution in [1.82, 2.24) is 4.72 Å². The van der Waals surface area contributed by atoms with Crippen LogP contribution in [0.1, 0.15) is 30.9 Å². The Morgan fingerprint density at radius 3 is 2.60 bits per heavy atom. The van der Waals surface area contributed by atoms with Crippen LogP contribution in [-0.2, 0) is 10.0 Å². The molecule has 5 nitrogen and oxygen atoms in total. The van der Waals surface area contributed by atoms with Crippen molar-refractivity contribution >= 4 is 15.7 Å². The van der Waals surface area contributed by atoms with Crippen molar-refractivity contribution in [3.63, 3.8) is 0 Å². The molecule has 0 saturated carbocycles. The molecular weight excluding hydrogens is 283 g/mol. The minimum atomic E-state index is -3.83. The summed E-state index contributed by atoms with van der Waals surface area (Å²) in [7, 11) is -3.83. The Morgan fingerprint density at radius 1 is 1.45 bits per heavy atom. The van der Waals surface area contributed by atoms with Crippen molar-refractivity contribution in [2.75, 3.05) is 12.3 Å². The van der Waals surface area contributed by atoms with Gasteiger partial charge in [0.25, 0.3) is 0 Å². The summed E-state index contributed by atoms with van der Waals surface area (Å²) in [6.45, 7) is 4.79. The van der Waals surface area contributed by atoms with Crippen LogP contribution in [0.3, 0.4) is 0 Å². The van der Waals surface area contributed by atoms with Gasteiger partial charge in [-0.3, -0.25) is 0 Å². The molecule has 4 N–H and O–H groups in total. The van der Waals surface area contributed by atoms with Gasteiger partial charge in [0.2, 0.25) is 10.0 Å². The highest BCUT2D eigenvalue weighted by Gasteiger charge is 2.23. The van der Waals surface area contributed by atoms with E-state index in [1.807, 2.05) is 6.92 Å². The third-order valence-electron chi connectivity index (χ3n) is 3.10. The fourth-order valence-electron chi connectivity index (χ4n) is 2.06. The Hall–Kier alpha value is -1.18. The summed E-state index contributed by atoms with van der Waals surface area (Å²) >= 11 is 0. The number of aliphatic hydroxyl groups is 1. The second-order valence-electron chi connectivity index (χ2n) is 4.84. The number of aryl methyl sites for hydroxylation is 1. The van der Waals surface area contributed by atoms with Crippen LogP contribution in [0.4, 0.5) is 10.1 Å². The highest BCUT2D eigenvalue weighted by atomic mass is 32.2. The van der Waals surface area contributed by atoms with E-state index in [0.29, 0.717) is 6.42 Å². The smallest absolute Gasteiger partial charge is 0.241 e. The predicted molar refractivity (Wildman–Crippen MR) is 76.4 cm³/mol. The number of rotatable bonds is 6. The molecule has 0 heterocycles. The van der Waals surface area contributed by atoms with Gasteiger partial charge in [0, 0.05) is 6.54 Å². The number of halogens is 1. The Bertz CT molecular complexity index is 588. The first-order valence-corrected chi connectivity index (χ1v) is 7.92. The standard InChI is InChI=1S/C13H21FN2O3S/c1-4-5-10(17)7-16-20(18,19)13-8(2)6-11(14)12(15)9(13)3/h6,10,16-17H,4-5,7,15H2,1-3H3. The van der Waals surface area contributed by atoms with Crippen molar-refractivity contribution in [3.8, 4) is 0 Å². The summed E-state index contributed by atoms with van der Waals surface area (Å²) in [6, 6.07) is 1.10. The van der Waals surface area contributed by atoms with E-state index in [2.05, 4.69) is 4.72 Å². The zero-order chi connectivity index (χ0) is 15.5. The lowest BCUT2D eigenvalue weighted by Crippen LogP contribution is -2.33. The van der Waals surface area contributed by atoms with E-state index in [4.69, 9.17) is 5.73 Å². The maximum atomic E-state index is 13.4. The monoisotopic (exact) mass is 304 g/mol. The quantitative estimate of drug-likeness (QED) is 0.694. The molecule has 7 heteroatoms. The molecule has 1 unspecified atom stereocenters. The molecule has 1 aromatic rings. The van der Waals surface area contributed by atoms with Crippen molar-refractivity contribution in [3.05, 3.63) is 23.0 Å². The Labute approximate surface area is 119 Å². The number of nitrogens with one attached hydrogen (secondary N) is 1. The summed E-state index contributed by atoms with van der Waals surface area (Å²) in [6.07, 6.45) is 0.518. The summed E-state index contributed by atoms with van der Waals surface area (Å²) in [5.74, 6) is -0.634. The fourth-order valence-corrected chi connectivity index (χ4v) is 3.61. The summed E-state index contributed by atoms with van der Waals surface area (Å²) in [4.78, 5) is -0.0277. The van der Waals surface area contributed by atoms with Gasteiger partial charge in [0.05, 0.1) is 16.7 Å². The van der Waals surface area contributed by atoms with Crippen LogP contribution >= 0.6 is 0 Å². The summed E-state index contributed by atoms with van der Waals surface area (Å²) in [5.41, 5.74) is 5.82. The Morgan fingerprint density at radius 2 is 2.05 bits per heavy atom. The first-order valence-electron chi connectivity index (χ1n) is 6.43. The van der Waals surface area contributed by atoms with Gasteiger partial charge in [-0.25, -0.2) is 17.5 Å². The largest absolute Gasteiger partial charge is 0.396 e. The normalized spacial score (nSPS) is 13.4. The topological polar surface area (TPSA) is 92.4 Å². The highest BCUT2D eigenvalue weighted by molar-refractivity contribution is 7.89. The molecule has 1 atom stereocenters. The first kappa shape index (κ1) is 16.9. The van der Waals surface area contributed by atoms with Crippen molar-refractivity contribution in [2.24, 2.45) is 0 Å². The van der Waals surface area contributed by atoms with Crippen LogP contribution in [0.15, 0.2) is 11.0 Å². The molecule has 0 aliphatic carbocycles. The number of nitrogen functional groups attached to an aromatic ring is 1. The van der Waals surface area contributed by atoms with Crippen LogP contribution in [0, 0.1) is 19.7 Å². The number of aliphatic hydroxyl groups excluding tert-OH is 1. The minimum absolute atomic E-state index is 0.0277. The van der Waals surface area contributed by atoms with Gasteiger partial charge in [-0.1, -0.05) is 13.3 Å². The molecule has 0 fully saturated rings. The van der Waals surface area contributed by atoms with Gasteiger partial charge < -0.3 is 10.8 Å². The molecule has 1 aromatic carbocycles. The van der Waals surface area contributed by atoms with E-state index in [0.717, 1.165) is 12.5 Å². The van der Waals surface area contributed by atoms with E-state index in [9.17, 15) is 17.9 Å². The van der Waals surface area contributed by atoms with E-state index in [1.165, 1.54) is 13.8 Å². The third kappa shape index (κ3) is 3.68. The molecule has 0 aliphatic heterocycles. The van der Waals surface area contributed by atoms with Gasteiger partial charge in [0.1, 0.15) is 5.82 Å². The van der Waals surface area contributed by atoms with Crippen molar-refractivity contribution in [2.45, 2.75) is 44.6 Å². The van der Waals surface area contributed by atoms with E-state index in [-0.39, 0.29) is 28.3 Å². The van der Waals surface area contributed by atoms with Crippen LogP contribution in [0.5, 0.6) is 0 Å². The van der Waals surface area contributed by atoms with Gasteiger partial charge in [-0.15, -0.1) is 0 Å². The fraction of sp³-hybridized carbons (Fsp3) is 0.538. The highest BCUT2D eigenvalue weighted by Crippen LogP contribution is 2.27. The molecule has 20 heavy (non-hydrogen) atoms. The molecule has 114 valence electrons. The molecule has 0 amide bonds. The number of benzene rings is 1. The SMILES string of the molecule is CCCC(O)CNS(=O)(=O)c1c(C)cc(F)c(N)c1C. The van der Waals surface area contributed by atoms with Crippen LogP contribution in [0.2, 0.25) is 0 Å². The molecule has 0 saturated heterocycles. The number of anilines is 1. The Balaban J connectivity index is 3.08. The average molecular weight is 304 g/mol. The third-order valence-corrected chi connectivity index (χ3v) is 4.82. The molecule has 1 rings (SSSR count). The summed E-state index contributed by atoms with van der Waals surface area (Å²) < 4.78 is 40.3. The number of nitrogens with two attached hydrogens (primary N) is 1.